The van der Waals surface area contributed by atoms with E-state index >= 15 is 0 Å². The summed E-state index contributed by atoms with van der Waals surface area (Å²) in [5.74, 6) is 1.14. The first-order chi connectivity index (χ1) is 18.5. The van der Waals surface area contributed by atoms with E-state index < -0.39 is 0 Å². The molecule has 5 nitrogen and oxygen atoms in total. The molecule has 0 aromatic heterocycles. The molecule has 1 saturated heterocycles. The number of nitrogens with zero attached hydrogens (tertiary/aromatic N) is 3. The van der Waals surface area contributed by atoms with Gasteiger partial charge in [-0.25, -0.2) is 0 Å². The van der Waals surface area contributed by atoms with E-state index in [1.54, 1.807) is 0 Å². The summed E-state index contributed by atoms with van der Waals surface area (Å²) in [5.41, 5.74) is 7.55. The molecule has 1 fully saturated rings. The number of nitrogens with one attached hydrogen (secondary N) is 1. The summed E-state index contributed by atoms with van der Waals surface area (Å²) in [4.78, 5) is 22.1. The molecule has 0 spiro atoms. The van der Waals surface area contributed by atoms with Gasteiger partial charge in [-0.2, -0.15) is 0 Å². The van der Waals surface area contributed by atoms with Gasteiger partial charge in [-0.3, -0.25) is 9.79 Å². The van der Waals surface area contributed by atoms with Gasteiger partial charge in [0.1, 0.15) is 5.84 Å². The molecule has 2 aliphatic heterocycles. The molecule has 0 saturated carbocycles. The molecule has 1 N–H and O–H groups in total. The number of carbonyl (C=O) groups excluding carboxylic acids is 1. The molecular formula is C33H44N4O. The highest BCUT2D eigenvalue weighted by Gasteiger charge is 2.21. The fourth-order valence-electron chi connectivity index (χ4n) is 5.23. The van der Waals surface area contributed by atoms with Crippen molar-refractivity contribution in [3.8, 4) is 11.1 Å². The minimum Gasteiger partial charge on any atom is -0.372 e. The van der Waals surface area contributed by atoms with Gasteiger partial charge in [0.2, 0.25) is 0 Å². The van der Waals surface area contributed by atoms with E-state index in [9.17, 15) is 4.79 Å². The fraction of sp³-hybridized carbons (Fsp3) is 0.455. The van der Waals surface area contributed by atoms with Crippen molar-refractivity contribution in [2.45, 2.75) is 65.7 Å². The molecule has 0 radical (unpaired) electrons. The normalized spacial score (nSPS) is 16.0. The second-order valence-electron chi connectivity index (χ2n) is 10.5. The Labute approximate surface area is 229 Å². The Morgan fingerprint density at radius 3 is 2.39 bits per heavy atom. The highest BCUT2D eigenvalue weighted by Crippen LogP contribution is 2.33. The predicted octanol–water partition coefficient (Wildman–Crippen LogP) is 7.62. The Morgan fingerprint density at radius 1 is 0.974 bits per heavy atom. The van der Waals surface area contributed by atoms with Crippen LogP contribution in [0.3, 0.4) is 0 Å². The van der Waals surface area contributed by atoms with Crippen LogP contribution in [0, 0.1) is 0 Å². The first kappa shape index (κ1) is 27.7. The van der Waals surface area contributed by atoms with Crippen molar-refractivity contribution in [3.05, 3.63) is 71.4 Å². The van der Waals surface area contributed by atoms with Crippen LogP contribution in [-0.2, 0) is 0 Å². The van der Waals surface area contributed by atoms with Crippen LogP contribution >= 0.6 is 0 Å². The maximum Gasteiger partial charge on any atom is 0.253 e. The quantitative estimate of drug-likeness (QED) is 0.337. The Hall–Kier alpha value is -3.34. The molecule has 0 aliphatic carbocycles. The van der Waals surface area contributed by atoms with Gasteiger partial charge in [0.15, 0.2) is 0 Å². The largest absolute Gasteiger partial charge is 0.372 e. The first-order valence-corrected chi connectivity index (χ1v) is 14.5. The molecule has 0 bridgehead atoms. The molecule has 5 heteroatoms. The number of anilines is 1. The van der Waals surface area contributed by atoms with E-state index in [-0.39, 0.29) is 5.91 Å². The lowest BCUT2D eigenvalue weighted by atomic mass is 9.99. The summed E-state index contributed by atoms with van der Waals surface area (Å²) in [6.45, 7) is 15.8. The fourth-order valence-corrected chi connectivity index (χ4v) is 5.23. The molecule has 2 aliphatic rings. The van der Waals surface area contributed by atoms with Crippen LogP contribution in [-0.4, -0.2) is 54.3 Å². The van der Waals surface area contributed by atoms with Crippen molar-refractivity contribution in [3.63, 3.8) is 0 Å². The Balaban J connectivity index is 1.62. The first-order valence-electron chi connectivity index (χ1n) is 14.5. The molecule has 1 amide bonds. The summed E-state index contributed by atoms with van der Waals surface area (Å²) in [6.07, 6.45) is 9.72. The molecule has 0 atom stereocenters. The van der Waals surface area contributed by atoms with Crippen LogP contribution < -0.4 is 5.32 Å². The molecule has 2 heterocycles. The molecule has 2 aromatic carbocycles. The lowest BCUT2D eigenvalue weighted by molar-refractivity contribution is 0.0793. The smallest absolute Gasteiger partial charge is 0.253 e. The number of carbonyl (C=O) groups is 1. The molecule has 38 heavy (non-hydrogen) atoms. The SMILES string of the molecule is C=C(C1=Cc2ccc(-c3ccc(C(=O)N4CCCC4)cc3)cc2NC(=NCCC)C1)N(CCC)CCCC. The van der Waals surface area contributed by atoms with Gasteiger partial charge < -0.3 is 15.1 Å². The molecular weight excluding hydrogens is 468 g/mol. The number of hydrogen-bond acceptors (Lipinski definition) is 3. The Bertz CT molecular complexity index is 1170. The number of aliphatic imine (C=N–C) groups is 1. The third kappa shape index (κ3) is 6.75. The van der Waals surface area contributed by atoms with Gasteiger partial charge in [-0.05, 0) is 78.6 Å². The van der Waals surface area contributed by atoms with Crippen molar-refractivity contribution in [1.29, 1.82) is 0 Å². The van der Waals surface area contributed by atoms with Crippen LogP contribution in [0.5, 0.6) is 0 Å². The zero-order valence-electron chi connectivity index (χ0n) is 23.6. The zero-order valence-corrected chi connectivity index (χ0v) is 23.6. The number of benzene rings is 2. The second-order valence-corrected chi connectivity index (χ2v) is 10.5. The van der Waals surface area contributed by atoms with Gasteiger partial charge in [0.05, 0.1) is 0 Å². The van der Waals surface area contributed by atoms with Crippen LogP contribution in [0.4, 0.5) is 5.69 Å². The summed E-state index contributed by atoms with van der Waals surface area (Å²) in [5, 5.41) is 3.65. The van der Waals surface area contributed by atoms with Gasteiger partial charge in [-0.15, -0.1) is 0 Å². The van der Waals surface area contributed by atoms with E-state index in [0.29, 0.717) is 0 Å². The summed E-state index contributed by atoms with van der Waals surface area (Å²) in [7, 11) is 0. The van der Waals surface area contributed by atoms with Gasteiger partial charge in [-0.1, -0.05) is 58.0 Å². The van der Waals surface area contributed by atoms with E-state index in [2.05, 4.69) is 74.0 Å². The van der Waals surface area contributed by atoms with Crippen molar-refractivity contribution < 1.29 is 4.79 Å². The molecule has 4 rings (SSSR count). The number of likely N-dealkylation sites (tertiary alicyclic amines) is 1. The average molecular weight is 513 g/mol. The topological polar surface area (TPSA) is 47.9 Å². The summed E-state index contributed by atoms with van der Waals surface area (Å²) >= 11 is 0. The highest BCUT2D eigenvalue weighted by atomic mass is 16.2. The summed E-state index contributed by atoms with van der Waals surface area (Å²) in [6, 6.07) is 14.6. The van der Waals surface area contributed by atoms with Crippen LogP contribution in [0.15, 0.2) is 65.3 Å². The number of amidine groups is 1. The van der Waals surface area contributed by atoms with Crippen molar-refractivity contribution >= 4 is 23.5 Å². The molecule has 202 valence electrons. The third-order valence-electron chi connectivity index (χ3n) is 7.43. The number of hydrogen-bond donors (Lipinski definition) is 1. The van der Waals surface area contributed by atoms with Gasteiger partial charge >= 0.3 is 0 Å². The lowest BCUT2D eigenvalue weighted by Gasteiger charge is -2.28. The second kappa shape index (κ2) is 13.5. The monoisotopic (exact) mass is 512 g/mol. The number of rotatable bonds is 11. The molecule has 2 aromatic rings. The van der Waals surface area contributed by atoms with Crippen molar-refractivity contribution in [2.75, 3.05) is 38.0 Å². The van der Waals surface area contributed by atoms with Crippen molar-refractivity contribution in [2.24, 2.45) is 4.99 Å². The summed E-state index contributed by atoms with van der Waals surface area (Å²) < 4.78 is 0. The van der Waals surface area contributed by atoms with Gasteiger partial charge in [0, 0.05) is 56.1 Å². The van der Waals surface area contributed by atoms with E-state index in [0.717, 1.165) is 104 Å². The minimum absolute atomic E-state index is 0.142. The number of fused-ring (bicyclic) bond motifs is 1. The third-order valence-corrected chi connectivity index (χ3v) is 7.43. The van der Waals surface area contributed by atoms with Crippen LogP contribution in [0.25, 0.3) is 17.2 Å². The zero-order chi connectivity index (χ0) is 26.9. The number of amides is 1. The Kier molecular flexibility index (Phi) is 9.80. The predicted molar refractivity (Wildman–Crippen MR) is 162 cm³/mol. The highest BCUT2D eigenvalue weighted by molar-refractivity contribution is 6.02. The van der Waals surface area contributed by atoms with Crippen LogP contribution in [0.1, 0.15) is 81.6 Å². The van der Waals surface area contributed by atoms with E-state index in [4.69, 9.17) is 4.99 Å². The maximum atomic E-state index is 12.8. The van der Waals surface area contributed by atoms with E-state index in [1.165, 1.54) is 18.4 Å². The van der Waals surface area contributed by atoms with Gasteiger partial charge in [0.25, 0.3) is 5.91 Å². The minimum atomic E-state index is 0.142. The number of unbranched alkanes of at least 4 members (excludes halogenated alkanes) is 1. The maximum absolute atomic E-state index is 12.8. The van der Waals surface area contributed by atoms with E-state index in [1.807, 2.05) is 17.0 Å². The Morgan fingerprint density at radius 2 is 1.71 bits per heavy atom. The lowest BCUT2D eigenvalue weighted by Crippen LogP contribution is -2.27. The van der Waals surface area contributed by atoms with Crippen LogP contribution in [0.2, 0.25) is 0 Å². The molecule has 0 unspecified atom stereocenters. The average Bonchev–Trinajstić information content (AvgIpc) is 3.42. The number of allylic oxidation sites excluding steroid dienone is 1. The standard InChI is InChI=1S/C33H44N4O/c1-5-8-19-36(18-7-3)25(4)30-22-29-16-15-28(23-31(29)35-32(24-30)34-17-6-2)26-11-13-27(14-12-26)33(38)37-20-9-10-21-37/h11-16,22-23H,4-10,17-21,24H2,1-3H3,(H,34,35). The van der Waals surface area contributed by atoms with Crippen molar-refractivity contribution in [1.82, 2.24) is 9.80 Å².